The Hall–Kier alpha value is -2.23. The number of amides is 2. The molecule has 0 radical (unpaired) electrons. The third-order valence-corrected chi connectivity index (χ3v) is 7.30. The third-order valence-electron chi connectivity index (χ3n) is 5.72. The Morgan fingerprint density at radius 2 is 1.85 bits per heavy atom. The molecule has 0 saturated carbocycles. The van der Waals surface area contributed by atoms with Crippen molar-refractivity contribution in [3.05, 3.63) is 65.7 Å². The van der Waals surface area contributed by atoms with E-state index in [1.54, 1.807) is 4.90 Å². The Morgan fingerprint density at radius 3 is 2.48 bits per heavy atom. The van der Waals surface area contributed by atoms with Crippen molar-refractivity contribution in [2.24, 2.45) is 0 Å². The van der Waals surface area contributed by atoms with Gasteiger partial charge in [0, 0.05) is 42.7 Å². The van der Waals surface area contributed by atoms with Crippen molar-refractivity contribution in [1.29, 1.82) is 0 Å². The number of urea groups is 1. The molecule has 1 saturated heterocycles. The summed E-state index contributed by atoms with van der Waals surface area (Å²) >= 11 is -1.02. The SMILES string of the molecule is CCCC[S+]([O-])N1CCC(N(Cc2ccccc2)C(=O)Nc2cccc(C(F)(F)F)c2)CC1. The van der Waals surface area contributed by atoms with Gasteiger partial charge in [0.25, 0.3) is 0 Å². The molecule has 1 fully saturated rings. The Kier molecular flexibility index (Phi) is 9.05. The predicted octanol–water partition coefficient (Wildman–Crippen LogP) is 5.67. The number of alkyl halides is 3. The van der Waals surface area contributed by atoms with Crippen LogP contribution in [-0.4, -0.2) is 44.7 Å². The van der Waals surface area contributed by atoms with Crippen LogP contribution in [0.5, 0.6) is 0 Å². The number of hydrogen-bond acceptors (Lipinski definition) is 3. The number of carbonyl (C=O) groups excluding carboxylic acids is 1. The van der Waals surface area contributed by atoms with E-state index in [0.717, 1.165) is 30.5 Å². The van der Waals surface area contributed by atoms with Crippen LogP contribution < -0.4 is 5.32 Å². The van der Waals surface area contributed by atoms with Crippen LogP contribution in [0.4, 0.5) is 23.7 Å². The molecule has 2 amide bonds. The van der Waals surface area contributed by atoms with E-state index in [0.29, 0.717) is 38.2 Å². The topological polar surface area (TPSA) is 58.6 Å². The summed E-state index contributed by atoms with van der Waals surface area (Å²) < 4.78 is 53.6. The highest BCUT2D eigenvalue weighted by Crippen LogP contribution is 2.31. The number of anilines is 1. The molecule has 180 valence electrons. The fraction of sp³-hybridized carbons (Fsp3) is 0.458. The first-order chi connectivity index (χ1) is 15.8. The van der Waals surface area contributed by atoms with Crippen LogP contribution in [0, 0.1) is 0 Å². The molecule has 2 aromatic rings. The zero-order valence-electron chi connectivity index (χ0n) is 18.7. The molecular formula is C24H30F3N3O2S. The molecule has 1 aliphatic heterocycles. The van der Waals surface area contributed by atoms with Crippen LogP contribution in [0.15, 0.2) is 54.6 Å². The van der Waals surface area contributed by atoms with Crippen LogP contribution in [0.3, 0.4) is 0 Å². The van der Waals surface area contributed by atoms with Crippen molar-refractivity contribution in [1.82, 2.24) is 9.21 Å². The van der Waals surface area contributed by atoms with Gasteiger partial charge in [0.05, 0.1) is 5.56 Å². The van der Waals surface area contributed by atoms with Crippen molar-refractivity contribution in [3.63, 3.8) is 0 Å². The van der Waals surface area contributed by atoms with E-state index in [1.165, 1.54) is 12.1 Å². The summed E-state index contributed by atoms with van der Waals surface area (Å²) in [5, 5.41) is 2.65. The van der Waals surface area contributed by atoms with Gasteiger partial charge in [-0.2, -0.15) is 13.2 Å². The predicted molar refractivity (Wildman–Crippen MR) is 125 cm³/mol. The van der Waals surface area contributed by atoms with Gasteiger partial charge in [-0.05, 0) is 43.0 Å². The summed E-state index contributed by atoms with van der Waals surface area (Å²) in [5.41, 5.74) is 0.231. The van der Waals surface area contributed by atoms with Crippen LogP contribution in [-0.2, 0) is 24.1 Å². The molecule has 0 spiro atoms. The smallest absolute Gasteiger partial charge is 0.416 e. The average molecular weight is 482 g/mol. The first-order valence-electron chi connectivity index (χ1n) is 11.2. The minimum Gasteiger partial charge on any atom is -0.598 e. The normalized spacial score (nSPS) is 16.4. The zero-order chi connectivity index (χ0) is 23.8. The summed E-state index contributed by atoms with van der Waals surface area (Å²) in [7, 11) is 0. The second-order valence-electron chi connectivity index (χ2n) is 8.16. The molecule has 33 heavy (non-hydrogen) atoms. The zero-order valence-corrected chi connectivity index (χ0v) is 19.5. The van der Waals surface area contributed by atoms with E-state index in [-0.39, 0.29) is 11.7 Å². The van der Waals surface area contributed by atoms with Gasteiger partial charge < -0.3 is 14.8 Å². The van der Waals surface area contributed by atoms with Crippen LogP contribution in [0.1, 0.15) is 43.7 Å². The van der Waals surface area contributed by atoms with Gasteiger partial charge in [0.2, 0.25) is 0 Å². The van der Waals surface area contributed by atoms with Gasteiger partial charge in [0.15, 0.2) is 0 Å². The molecular weight excluding hydrogens is 451 g/mol. The van der Waals surface area contributed by atoms with E-state index in [9.17, 15) is 22.5 Å². The molecule has 1 unspecified atom stereocenters. The quantitative estimate of drug-likeness (QED) is 0.495. The molecule has 1 atom stereocenters. The van der Waals surface area contributed by atoms with Gasteiger partial charge in [0.1, 0.15) is 5.75 Å². The van der Waals surface area contributed by atoms with Gasteiger partial charge >= 0.3 is 12.2 Å². The van der Waals surface area contributed by atoms with E-state index < -0.39 is 29.1 Å². The molecule has 2 aromatic carbocycles. The maximum atomic E-state index is 13.2. The Morgan fingerprint density at radius 1 is 1.15 bits per heavy atom. The number of nitrogens with zero attached hydrogens (tertiary/aromatic N) is 2. The maximum absolute atomic E-state index is 13.2. The van der Waals surface area contributed by atoms with Crippen LogP contribution in [0.2, 0.25) is 0 Å². The second-order valence-corrected chi connectivity index (χ2v) is 9.73. The fourth-order valence-electron chi connectivity index (χ4n) is 3.87. The molecule has 1 heterocycles. The maximum Gasteiger partial charge on any atom is 0.416 e. The van der Waals surface area contributed by atoms with Crippen LogP contribution >= 0.6 is 0 Å². The number of piperidine rings is 1. The largest absolute Gasteiger partial charge is 0.598 e. The highest BCUT2D eigenvalue weighted by Gasteiger charge is 2.33. The van der Waals surface area contributed by atoms with Gasteiger partial charge in [-0.3, -0.25) is 0 Å². The summed E-state index contributed by atoms with van der Waals surface area (Å²) in [4.78, 5) is 14.9. The minimum atomic E-state index is -4.48. The van der Waals surface area contributed by atoms with Crippen molar-refractivity contribution in [2.75, 3.05) is 24.2 Å². The minimum absolute atomic E-state index is 0.101. The molecule has 1 aliphatic rings. The molecule has 0 aromatic heterocycles. The average Bonchev–Trinajstić information content (AvgIpc) is 2.81. The molecule has 0 aliphatic carbocycles. The van der Waals surface area contributed by atoms with E-state index in [2.05, 4.69) is 12.2 Å². The third kappa shape index (κ3) is 7.38. The fourth-order valence-corrected chi connectivity index (χ4v) is 5.28. The Balaban J connectivity index is 1.72. The number of rotatable bonds is 8. The summed E-state index contributed by atoms with van der Waals surface area (Å²) in [5.74, 6) is 0.644. The lowest BCUT2D eigenvalue weighted by Gasteiger charge is -2.38. The molecule has 9 heteroatoms. The molecule has 3 rings (SSSR count). The first-order valence-corrected chi connectivity index (χ1v) is 12.5. The van der Waals surface area contributed by atoms with E-state index in [1.807, 2.05) is 34.6 Å². The molecule has 1 N–H and O–H groups in total. The standard InChI is InChI=1S/C24H30F3N3O2S/c1-2-3-16-33(32)29-14-12-22(13-15-29)30(18-19-8-5-4-6-9-19)23(31)28-21-11-7-10-20(17-21)24(25,26)27/h4-11,17,22H,2-3,12-16,18H2,1H3,(H,28,31). The molecule has 5 nitrogen and oxygen atoms in total. The molecule has 0 bridgehead atoms. The lowest BCUT2D eigenvalue weighted by molar-refractivity contribution is -0.137. The number of carbonyl (C=O) groups is 1. The first kappa shape index (κ1) is 25.4. The van der Waals surface area contributed by atoms with Crippen LogP contribution in [0.25, 0.3) is 0 Å². The van der Waals surface area contributed by atoms with Gasteiger partial charge in [-0.1, -0.05) is 49.7 Å². The van der Waals surface area contributed by atoms with Crippen molar-refractivity contribution < 1.29 is 22.5 Å². The Bertz CT molecular complexity index is 890. The number of halogens is 3. The monoisotopic (exact) mass is 481 g/mol. The van der Waals surface area contributed by atoms with Crippen molar-refractivity contribution >= 4 is 23.1 Å². The van der Waals surface area contributed by atoms with Gasteiger partial charge in [-0.15, -0.1) is 4.31 Å². The van der Waals surface area contributed by atoms with Gasteiger partial charge in [-0.25, -0.2) is 4.79 Å². The van der Waals surface area contributed by atoms with E-state index >= 15 is 0 Å². The number of nitrogens with one attached hydrogen (secondary N) is 1. The number of hydrogen-bond donors (Lipinski definition) is 1. The lowest BCUT2D eigenvalue weighted by atomic mass is 10.0. The van der Waals surface area contributed by atoms with E-state index in [4.69, 9.17) is 0 Å². The summed E-state index contributed by atoms with van der Waals surface area (Å²) in [6, 6.07) is 13.6. The Labute approximate surface area is 196 Å². The van der Waals surface area contributed by atoms with Crippen molar-refractivity contribution in [3.8, 4) is 0 Å². The summed E-state index contributed by atoms with van der Waals surface area (Å²) in [6.07, 6.45) is -1.28. The number of benzene rings is 2. The lowest BCUT2D eigenvalue weighted by Crippen LogP contribution is -2.50. The number of unbranched alkanes of at least 4 members (excludes halogenated alkanes) is 1. The second kappa shape index (κ2) is 11.8. The summed E-state index contributed by atoms with van der Waals surface area (Å²) in [6.45, 7) is 3.63. The highest BCUT2D eigenvalue weighted by molar-refractivity contribution is 7.89. The highest BCUT2D eigenvalue weighted by atomic mass is 32.2. The van der Waals surface area contributed by atoms with Crippen molar-refractivity contribution in [2.45, 2.75) is 51.4 Å².